The average Bonchev–Trinajstić information content (AvgIpc) is 3.01. The van der Waals surface area contributed by atoms with Gasteiger partial charge in [0.1, 0.15) is 0 Å². The van der Waals surface area contributed by atoms with Gasteiger partial charge in [-0.25, -0.2) is 10.7 Å². The van der Waals surface area contributed by atoms with Crippen LogP contribution in [0.5, 0.6) is 0 Å². The van der Waals surface area contributed by atoms with E-state index in [-0.39, 0.29) is 6.04 Å². The Balaban J connectivity index is 1.56. The van der Waals surface area contributed by atoms with Crippen molar-refractivity contribution in [3.63, 3.8) is 0 Å². The van der Waals surface area contributed by atoms with E-state index in [0.717, 1.165) is 33.9 Å². The van der Waals surface area contributed by atoms with Gasteiger partial charge < -0.3 is 5.32 Å². The molecule has 0 aromatic carbocycles. The minimum Gasteiger partial charge on any atom is -0.329 e. The summed E-state index contributed by atoms with van der Waals surface area (Å²) < 4.78 is 0.965. The fourth-order valence-corrected chi connectivity index (χ4v) is 4.06. The lowest BCUT2D eigenvalue weighted by atomic mass is 10.1. The molecule has 1 atom stereocenters. The van der Waals surface area contributed by atoms with Gasteiger partial charge in [-0.3, -0.25) is 10.4 Å². The van der Waals surface area contributed by atoms with Crippen LogP contribution in [0, 0.1) is 11.3 Å². The number of dihydropyridines is 2. The number of nitrogens with one attached hydrogen (secondary N) is 2. The Kier molecular flexibility index (Phi) is 4.95. The van der Waals surface area contributed by atoms with E-state index in [1.54, 1.807) is 6.21 Å². The molecule has 0 spiro atoms. The van der Waals surface area contributed by atoms with Gasteiger partial charge in [0.05, 0.1) is 29.4 Å². The Morgan fingerprint density at radius 1 is 1.41 bits per heavy atom. The predicted molar refractivity (Wildman–Crippen MR) is 94.7 cm³/mol. The summed E-state index contributed by atoms with van der Waals surface area (Å²) in [5.41, 5.74) is 0.983. The number of nitrogens with zero attached hydrogens (tertiary/aromatic N) is 1. The van der Waals surface area contributed by atoms with Crippen LogP contribution in [0.1, 0.15) is 25.7 Å². The molecule has 0 aromatic heterocycles. The quantitative estimate of drug-likeness (QED) is 0.417. The summed E-state index contributed by atoms with van der Waals surface area (Å²) in [6.45, 7) is 0. The Morgan fingerprint density at radius 2 is 2.18 bits per heavy atom. The predicted octanol–water partition coefficient (Wildman–Crippen LogP) is 0.626. The molecule has 1 unspecified atom stereocenters. The van der Waals surface area contributed by atoms with Gasteiger partial charge >= 0.3 is 0 Å². The lowest BCUT2D eigenvalue weighted by molar-refractivity contribution is -0.486. The second-order valence-electron chi connectivity index (χ2n) is 5.64. The van der Waals surface area contributed by atoms with Gasteiger partial charge in [-0.15, -0.1) is 0 Å². The van der Waals surface area contributed by atoms with Crippen LogP contribution in [0.4, 0.5) is 0 Å². The molecular formula is C15H20BrN5S+2. The summed E-state index contributed by atoms with van der Waals surface area (Å²) in [6.07, 6.45) is 12.6. The molecule has 2 aliphatic heterocycles. The van der Waals surface area contributed by atoms with E-state index in [4.69, 9.17) is 10.8 Å². The molecule has 0 radical (unpaired) electrons. The van der Waals surface area contributed by atoms with Gasteiger partial charge in [0.15, 0.2) is 0 Å². The first-order chi connectivity index (χ1) is 10.6. The smallest absolute Gasteiger partial charge is 0.269 e. The number of fused-ring (bicyclic) bond motifs is 1. The Bertz CT molecular complexity index is 613. The van der Waals surface area contributed by atoms with Gasteiger partial charge in [-0.1, -0.05) is 12.8 Å². The monoisotopic (exact) mass is 381 g/mol. The van der Waals surface area contributed by atoms with Crippen LogP contribution in [-0.4, -0.2) is 22.5 Å². The molecule has 1 fully saturated rings. The zero-order valence-corrected chi connectivity index (χ0v) is 14.6. The number of hydrogen-bond acceptors (Lipinski definition) is 4. The first kappa shape index (κ1) is 15.7. The van der Waals surface area contributed by atoms with Crippen LogP contribution < -0.4 is 16.0 Å². The maximum atomic E-state index is 8.14. The molecule has 0 saturated heterocycles. The number of nitrogens with two attached hydrogens (primary N) is 2. The highest BCUT2D eigenvalue weighted by molar-refractivity contribution is 9.12. The normalized spacial score (nSPS) is 24.0. The highest BCUT2D eigenvalue weighted by Gasteiger charge is 2.28. The number of amidine groups is 1. The van der Waals surface area contributed by atoms with E-state index in [1.165, 1.54) is 24.6 Å². The first-order valence-electron chi connectivity index (χ1n) is 7.45. The highest BCUT2D eigenvalue weighted by atomic mass is 79.9. The molecule has 0 bridgehead atoms. The number of halogens is 1. The van der Waals surface area contributed by atoms with Crippen LogP contribution in [0.15, 0.2) is 39.2 Å². The molecular weight excluding hydrogens is 362 g/mol. The van der Waals surface area contributed by atoms with Crippen LogP contribution in [-0.2, 0) is 0 Å². The fourth-order valence-electron chi connectivity index (χ4n) is 2.85. The van der Waals surface area contributed by atoms with Gasteiger partial charge in [0.25, 0.3) is 5.17 Å². The van der Waals surface area contributed by atoms with Crippen molar-refractivity contribution in [3.8, 4) is 0 Å². The van der Waals surface area contributed by atoms with Crippen molar-refractivity contribution in [2.24, 2.45) is 10.9 Å². The minimum atomic E-state index is 0.0598. The first-order valence-corrected chi connectivity index (χ1v) is 9.06. The van der Waals surface area contributed by atoms with Crippen LogP contribution in [0.3, 0.4) is 0 Å². The molecule has 0 amide bonds. The van der Waals surface area contributed by atoms with Gasteiger partial charge in [-0.2, -0.15) is 0 Å². The Hall–Kier alpha value is -1.18. The minimum absolute atomic E-state index is 0.0598. The third-order valence-electron chi connectivity index (χ3n) is 4.01. The van der Waals surface area contributed by atoms with E-state index in [2.05, 4.69) is 32.3 Å². The van der Waals surface area contributed by atoms with Crippen molar-refractivity contribution >= 4 is 44.1 Å². The zero-order chi connectivity index (χ0) is 15.5. The molecule has 5 nitrogen and oxygen atoms in total. The maximum Gasteiger partial charge on any atom is 0.269 e. The van der Waals surface area contributed by atoms with E-state index >= 15 is 0 Å². The molecule has 7 heteroatoms. The van der Waals surface area contributed by atoms with Crippen LogP contribution >= 0.6 is 27.7 Å². The van der Waals surface area contributed by atoms with E-state index in [0.29, 0.717) is 11.1 Å². The molecule has 2 heterocycles. The Labute approximate surface area is 142 Å². The molecule has 1 saturated carbocycles. The highest BCUT2D eigenvalue weighted by Crippen LogP contribution is 2.28. The Morgan fingerprint density at radius 3 is 2.95 bits per heavy atom. The lowest BCUT2D eigenvalue weighted by Gasteiger charge is -2.22. The zero-order valence-electron chi connectivity index (χ0n) is 12.2. The number of thioether (sulfide) groups is 1. The summed E-state index contributed by atoms with van der Waals surface area (Å²) in [6, 6.07) is 0.0598. The summed E-state index contributed by atoms with van der Waals surface area (Å²) in [4.78, 5) is 4.36. The van der Waals surface area contributed by atoms with Crippen molar-refractivity contribution in [2.75, 3.05) is 0 Å². The summed E-state index contributed by atoms with van der Waals surface area (Å²) in [7, 11) is 0. The van der Waals surface area contributed by atoms with Crippen molar-refractivity contribution in [1.82, 2.24) is 5.32 Å². The number of aliphatic imine (C=N–C) groups is 1. The molecule has 0 aromatic rings. The number of allylic oxidation sites excluding steroid dienone is 3. The lowest BCUT2D eigenvalue weighted by Crippen LogP contribution is -2.88. The summed E-state index contributed by atoms with van der Waals surface area (Å²) >= 11 is 4.83. The topological polar surface area (TPSA) is 90.4 Å². The third kappa shape index (κ3) is 3.77. The average molecular weight is 382 g/mol. The van der Waals surface area contributed by atoms with Crippen molar-refractivity contribution in [1.29, 1.82) is 5.41 Å². The molecule has 3 rings (SSSR count). The molecule has 1 aliphatic carbocycles. The van der Waals surface area contributed by atoms with Gasteiger partial charge in [0.2, 0.25) is 10.9 Å². The van der Waals surface area contributed by atoms with Crippen molar-refractivity contribution in [2.45, 2.75) is 31.7 Å². The molecule has 6 N–H and O–H groups in total. The van der Waals surface area contributed by atoms with Gasteiger partial charge in [0, 0.05) is 16.8 Å². The number of hydrogen-bond donors (Lipinski definition) is 4. The molecule has 22 heavy (non-hydrogen) atoms. The van der Waals surface area contributed by atoms with E-state index in [1.807, 2.05) is 17.5 Å². The molecule has 3 aliphatic rings. The maximum absolute atomic E-state index is 8.14. The second-order valence-corrected chi connectivity index (χ2v) is 7.67. The van der Waals surface area contributed by atoms with Crippen LogP contribution in [0.2, 0.25) is 0 Å². The largest absolute Gasteiger partial charge is 0.329 e. The van der Waals surface area contributed by atoms with Gasteiger partial charge in [-0.05, 0) is 40.9 Å². The van der Waals surface area contributed by atoms with Crippen molar-refractivity contribution < 1.29 is 10.7 Å². The van der Waals surface area contributed by atoms with Crippen molar-refractivity contribution in [3.05, 3.63) is 34.2 Å². The van der Waals surface area contributed by atoms with E-state index in [9.17, 15) is 0 Å². The molecule has 116 valence electrons. The van der Waals surface area contributed by atoms with Crippen LogP contribution in [0.25, 0.3) is 0 Å². The number of rotatable bonds is 2. The SMILES string of the molecule is N=C([NH2+]C1=CC=C2N=CC(Br)=CC2N1)SC(=[NH2+])C1CCCC1. The standard InChI is InChI=1S/C15H18BrN5S/c16-10-7-12-11(19-8-10)5-6-13(20-12)21-15(18)22-14(17)9-3-1-2-4-9/h5-9,12,17,20H,1-4H2,(H2,18,21)/p+2. The summed E-state index contributed by atoms with van der Waals surface area (Å²) in [5, 5.41) is 20.8. The second kappa shape index (κ2) is 6.93. The third-order valence-corrected chi connectivity index (χ3v) is 5.39. The van der Waals surface area contributed by atoms with E-state index < -0.39 is 0 Å². The number of quaternary nitrogens is 1. The summed E-state index contributed by atoms with van der Waals surface area (Å²) in [5.74, 6) is 1.39. The fraction of sp³-hybridized carbons (Fsp3) is 0.400.